The van der Waals surface area contributed by atoms with Crippen LogP contribution in [0.2, 0.25) is 0 Å². The van der Waals surface area contributed by atoms with E-state index in [9.17, 15) is 19.2 Å². The van der Waals surface area contributed by atoms with Crippen LogP contribution in [0.4, 0.5) is 4.79 Å². The average molecular weight is 587 g/mol. The Hall–Kier alpha value is -4.60. The number of methoxy groups -OCH3 is 1. The van der Waals surface area contributed by atoms with E-state index in [-0.39, 0.29) is 47.1 Å². The van der Waals surface area contributed by atoms with Crippen molar-refractivity contribution < 1.29 is 23.9 Å². The highest BCUT2D eigenvalue weighted by molar-refractivity contribution is 6.12. The standard InChI is InChI=1S/C33H38N4O6/c1-33(2,3)43-32(41)35-22-17-15-21(16-18-22)34-30(39)28-29(42-5)26-27(36(28)4)23-13-9-10-14-24(23)37(31(26)40)19-25(38)20-11-7-6-8-12-20/h6-14,21-22H,15-19H2,1-5H3,(H,34,39)(H,35,41). The van der Waals surface area contributed by atoms with Crippen LogP contribution >= 0.6 is 0 Å². The molecule has 2 aromatic heterocycles. The summed E-state index contributed by atoms with van der Waals surface area (Å²) in [7, 11) is 3.18. The summed E-state index contributed by atoms with van der Waals surface area (Å²) < 4.78 is 14.2. The maximum Gasteiger partial charge on any atom is 0.407 e. The Morgan fingerprint density at radius 3 is 2.14 bits per heavy atom. The Balaban J connectivity index is 1.43. The van der Waals surface area contributed by atoms with Gasteiger partial charge in [-0.2, -0.15) is 0 Å². The molecule has 0 unspecified atom stereocenters. The lowest BCUT2D eigenvalue weighted by molar-refractivity contribution is 0.0487. The SMILES string of the molecule is COc1c(C(=O)NC2CCC(NC(=O)OC(C)(C)C)CC2)n(C)c2c1c(=O)n(CC(=O)c1ccccc1)c1ccccc21. The van der Waals surface area contributed by atoms with Crippen LogP contribution in [0.1, 0.15) is 67.3 Å². The molecule has 226 valence electrons. The van der Waals surface area contributed by atoms with E-state index < -0.39 is 17.3 Å². The number of Topliss-reactive ketones (excluding diaryl/α,β-unsaturated/α-hetero) is 1. The Morgan fingerprint density at radius 1 is 0.907 bits per heavy atom. The summed E-state index contributed by atoms with van der Waals surface area (Å²) in [5.74, 6) is -0.377. The van der Waals surface area contributed by atoms with Crippen molar-refractivity contribution in [2.45, 2.75) is 70.7 Å². The second-order valence-corrected chi connectivity index (χ2v) is 12.0. The second kappa shape index (κ2) is 11.9. The number of pyridine rings is 1. The van der Waals surface area contributed by atoms with Gasteiger partial charge in [0.2, 0.25) is 0 Å². The normalized spacial score (nSPS) is 17.0. The fraction of sp³-hybridized carbons (Fsp3) is 0.394. The summed E-state index contributed by atoms with van der Waals surface area (Å²) >= 11 is 0. The topological polar surface area (TPSA) is 121 Å². The van der Waals surface area contributed by atoms with Gasteiger partial charge < -0.3 is 24.7 Å². The zero-order chi connectivity index (χ0) is 30.9. The number of fused-ring (bicyclic) bond motifs is 3. The highest BCUT2D eigenvalue weighted by Crippen LogP contribution is 2.35. The van der Waals surface area contributed by atoms with Crippen molar-refractivity contribution in [1.82, 2.24) is 19.8 Å². The maximum absolute atomic E-state index is 14.0. The van der Waals surface area contributed by atoms with Gasteiger partial charge in [-0.05, 0) is 52.5 Å². The van der Waals surface area contributed by atoms with Gasteiger partial charge >= 0.3 is 6.09 Å². The zero-order valence-electron chi connectivity index (χ0n) is 25.2. The summed E-state index contributed by atoms with van der Waals surface area (Å²) in [5, 5.41) is 7.01. The molecule has 0 radical (unpaired) electrons. The van der Waals surface area contributed by atoms with Crippen molar-refractivity contribution in [2.75, 3.05) is 7.11 Å². The van der Waals surface area contributed by atoms with Gasteiger partial charge in [0, 0.05) is 30.1 Å². The largest absolute Gasteiger partial charge is 0.493 e. The van der Waals surface area contributed by atoms with E-state index >= 15 is 0 Å². The molecule has 2 amide bonds. The monoisotopic (exact) mass is 586 g/mol. The molecular formula is C33H38N4O6. The number of hydrogen-bond acceptors (Lipinski definition) is 6. The summed E-state index contributed by atoms with van der Waals surface area (Å²) in [6.45, 7) is 5.31. The third-order valence-electron chi connectivity index (χ3n) is 7.86. The fourth-order valence-corrected chi connectivity index (χ4v) is 5.91. The molecule has 0 atom stereocenters. The summed E-state index contributed by atoms with van der Waals surface area (Å²) in [6, 6.07) is 16.1. The molecule has 0 spiro atoms. The molecule has 0 bridgehead atoms. The zero-order valence-corrected chi connectivity index (χ0v) is 25.2. The van der Waals surface area contributed by atoms with E-state index in [1.807, 2.05) is 45.0 Å². The molecule has 4 aromatic rings. The number of amides is 2. The third kappa shape index (κ3) is 6.14. The van der Waals surface area contributed by atoms with Crippen molar-refractivity contribution in [3.05, 3.63) is 76.2 Å². The van der Waals surface area contributed by atoms with Crippen molar-refractivity contribution >= 4 is 39.6 Å². The molecule has 1 saturated carbocycles. The minimum absolute atomic E-state index is 0.0291. The number of nitrogens with one attached hydrogen (secondary N) is 2. The third-order valence-corrected chi connectivity index (χ3v) is 7.86. The Kier molecular flexibility index (Phi) is 8.30. The van der Waals surface area contributed by atoms with E-state index in [0.717, 1.165) is 5.39 Å². The first-order chi connectivity index (χ1) is 20.5. The van der Waals surface area contributed by atoms with Gasteiger partial charge in [-0.3, -0.25) is 19.0 Å². The van der Waals surface area contributed by atoms with Gasteiger partial charge in [0.05, 0.1) is 24.7 Å². The predicted molar refractivity (Wildman–Crippen MR) is 165 cm³/mol. The van der Waals surface area contributed by atoms with Crippen molar-refractivity contribution in [3.63, 3.8) is 0 Å². The number of rotatable bonds is 7. The molecule has 2 aromatic carbocycles. The number of carbonyl (C=O) groups excluding carboxylic acids is 3. The van der Waals surface area contributed by atoms with Crippen molar-refractivity contribution in [3.8, 4) is 5.75 Å². The molecule has 0 aliphatic heterocycles. The minimum Gasteiger partial charge on any atom is -0.493 e. The number of hydrogen-bond donors (Lipinski definition) is 2. The van der Waals surface area contributed by atoms with Gasteiger partial charge in [0.1, 0.15) is 11.0 Å². The molecule has 1 aliphatic carbocycles. The van der Waals surface area contributed by atoms with Crippen LogP contribution in [-0.2, 0) is 18.3 Å². The molecule has 10 heteroatoms. The van der Waals surface area contributed by atoms with Crippen LogP contribution in [0.25, 0.3) is 21.8 Å². The van der Waals surface area contributed by atoms with Crippen molar-refractivity contribution in [2.24, 2.45) is 7.05 Å². The van der Waals surface area contributed by atoms with Gasteiger partial charge in [-0.25, -0.2) is 4.79 Å². The number of ether oxygens (including phenoxy) is 2. The highest BCUT2D eigenvalue weighted by atomic mass is 16.6. The number of benzene rings is 2. The van der Waals surface area contributed by atoms with E-state index in [2.05, 4.69) is 10.6 Å². The minimum atomic E-state index is -0.571. The first-order valence-electron chi connectivity index (χ1n) is 14.5. The van der Waals surface area contributed by atoms with Crippen LogP contribution in [0, 0.1) is 0 Å². The van der Waals surface area contributed by atoms with E-state index in [4.69, 9.17) is 9.47 Å². The van der Waals surface area contributed by atoms with E-state index in [1.165, 1.54) is 11.7 Å². The molecule has 43 heavy (non-hydrogen) atoms. The van der Waals surface area contributed by atoms with Crippen LogP contribution in [0.5, 0.6) is 5.75 Å². The van der Waals surface area contributed by atoms with E-state index in [0.29, 0.717) is 42.3 Å². The number of carbonyl (C=O) groups is 3. The lowest BCUT2D eigenvalue weighted by atomic mass is 9.91. The number of nitrogens with zero attached hydrogens (tertiary/aromatic N) is 2. The van der Waals surface area contributed by atoms with Gasteiger partial charge in [-0.1, -0.05) is 48.5 Å². The molecular weight excluding hydrogens is 548 g/mol. The quantitative estimate of drug-likeness (QED) is 0.296. The van der Waals surface area contributed by atoms with Gasteiger partial charge in [0.15, 0.2) is 17.2 Å². The van der Waals surface area contributed by atoms with E-state index in [1.54, 1.807) is 41.9 Å². The van der Waals surface area contributed by atoms with Crippen molar-refractivity contribution in [1.29, 1.82) is 0 Å². The van der Waals surface area contributed by atoms with Crippen LogP contribution in [0.15, 0.2) is 59.4 Å². The number of aromatic nitrogens is 2. The first-order valence-corrected chi connectivity index (χ1v) is 14.5. The maximum atomic E-state index is 14.0. The van der Waals surface area contributed by atoms with Crippen LogP contribution in [0.3, 0.4) is 0 Å². The smallest absolute Gasteiger partial charge is 0.407 e. The number of aryl methyl sites for hydroxylation is 1. The summed E-state index contributed by atoms with van der Waals surface area (Å²) in [6.07, 6.45) is 2.30. The molecule has 2 heterocycles. The lowest BCUT2D eigenvalue weighted by Crippen LogP contribution is -2.45. The Bertz CT molecular complexity index is 1740. The van der Waals surface area contributed by atoms with Gasteiger partial charge in [0.25, 0.3) is 11.5 Å². The number of ketones is 1. The highest BCUT2D eigenvalue weighted by Gasteiger charge is 2.31. The average Bonchev–Trinajstić information content (AvgIpc) is 3.28. The Morgan fingerprint density at radius 2 is 1.51 bits per heavy atom. The van der Waals surface area contributed by atoms with Crippen LogP contribution < -0.4 is 20.9 Å². The molecule has 1 aliphatic rings. The predicted octanol–water partition coefficient (Wildman–Crippen LogP) is 4.95. The molecule has 10 nitrogen and oxygen atoms in total. The lowest BCUT2D eigenvalue weighted by Gasteiger charge is -2.30. The summed E-state index contributed by atoms with van der Waals surface area (Å²) in [4.78, 5) is 53.1. The molecule has 1 fully saturated rings. The Labute approximate surface area is 250 Å². The fourth-order valence-electron chi connectivity index (χ4n) is 5.91. The molecule has 5 rings (SSSR count). The number of alkyl carbamates (subject to hydrolysis) is 1. The van der Waals surface area contributed by atoms with Crippen LogP contribution in [-0.4, -0.2) is 51.7 Å². The summed E-state index contributed by atoms with van der Waals surface area (Å²) in [5.41, 5.74) is 0.930. The molecule has 0 saturated heterocycles. The first kappa shape index (κ1) is 29.9. The second-order valence-electron chi connectivity index (χ2n) is 12.0. The molecule has 2 N–H and O–H groups in total. The van der Waals surface area contributed by atoms with Gasteiger partial charge in [-0.15, -0.1) is 0 Å². The number of para-hydroxylation sites is 1.